The number of aliphatic hydroxyl groups excluding tert-OH is 1. The molecule has 0 spiro atoms. The summed E-state index contributed by atoms with van der Waals surface area (Å²) in [5.74, 6) is 0.872. The van der Waals surface area contributed by atoms with Crippen molar-refractivity contribution in [3.63, 3.8) is 0 Å². The zero-order valence-corrected chi connectivity index (χ0v) is 11.6. The number of aliphatic hydroxyl groups is 1. The van der Waals surface area contributed by atoms with Crippen LogP contribution in [-0.4, -0.2) is 35.0 Å². The number of rotatable bonds is 8. The molecule has 96 valence electrons. The van der Waals surface area contributed by atoms with E-state index in [9.17, 15) is 0 Å². The molecule has 1 atom stereocenters. The Bertz CT molecular complexity index is 325. The molecule has 1 aromatic heterocycles. The van der Waals surface area contributed by atoms with Crippen molar-refractivity contribution in [1.29, 1.82) is 0 Å². The van der Waals surface area contributed by atoms with Gasteiger partial charge in [0.1, 0.15) is 5.03 Å². The van der Waals surface area contributed by atoms with Gasteiger partial charge < -0.3 is 10.4 Å². The van der Waals surface area contributed by atoms with Crippen LogP contribution in [0.25, 0.3) is 0 Å². The van der Waals surface area contributed by atoms with E-state index in [1.165, 1.54) is 0 Å². The Morgan fingerprint density at radius 1 is 1.59 bits per heavy atom. The van der Waals surface area contributed by atoms with Gasteiger partial charge in [0.15, 0.2) is 0 Å². The van der Waals surface area contributed by atoms with Crippen molar-refractivity contribution >= 4 is 23.4 Å². The number of nitrogens with zero attached hydrogens (tertiary/aromatic N) is 1. The molecule has 0 aliphatic rings. The molecule has 0 fully saturated rings. The highest BCUT2D eigenvalue weighted by molar-refractivity contribution is 7.99. The van der Waals surface area contributed by atoms with Gasteiger partial charge in [0, 0.05) is 24.6 Å². The van der Waals surface area contributed by atoms with E-state index in [1.54, 1.807) is 18.0 Å². The Hall–Kier alpha value is -0.290. The molecule has 0 bridgehead atoms. The Morgan fingerprint density at radius 2 is 2.41 bits per heavy atom. The molecular formula is C12H19ClN2OS. The predicted octanol–water partition coefficient (Wildman–Crippen LogP) is 2.58. The molecule has 1 heterocycles. The molecule has 17 heavy (non-hydrogen) atoms. The standard InChI is InChI=1S/C12H19ClN2OS/c1-2-6-14-10(5-8-16)9-17-12-11(13)4-3-7-15-12/h3-4,7,10,14,16H,2,5-6,8-9H2,1H3. The molecular weight excluding hydrogens is 256 g/mol. The van der Waals surface area contributed by atoms with Gasteiger partial charge in [-0.15, -0.1) is 11.8 Å². The van der Waals surface area contributed by atoms with Crippen molar-refractivity contribution in [1.82, 2.24) is 10.3 Å². The molecule has 0 saturated carbocycles. The summed E-state index contributed by atoms with van der Waals surface area (Å²) in [6, 6.07) is 3.98. The summed E-state index contributed by atoms with van der Waals surface area (Å²) >= 11 is 7.66. The Morgan fingerprint density at radius 3 is 3.06 bits per heavy atom. The maximum absolute atomic E-state index is 9.00. The lowest BCUT2D eigenvalue weighted by Gasteiger charge is -2.16. The average molecular weight is 275 g/mol. The predicted molar refractivity (Wildman–Crippen MR) is 73.8 cm³/mol. The maximum Gasteiger partial charge on any atom is 0.115 e. The molecule has 0 aliphatic heterocycles. The summed E-state index contributed by atoms with van der Waals surface area (Å²) in [5.41, 5.74) is 0. The van der Waals surface area contributed by atoms with Gasteiger partial charge in [0.2, 0.25) is 0 Å². The van der Waals surface area contributed by atoms with E-state index in [1.807, 2.05) is 12.1 Å². The second kappa shape index (κ2) is 8.75. The van der Waals surface area contributed by atoms with Gasteiger partial charge >= 0.3 is 0 Å². The first-order valence-electron chi connectivity index (χ1n) is 5.85. The summed E-state index contributed by atoms with van der Waals surface area (Å²) in [6.45, 7) is 3.31. The van der Waals surface area contributed by atoms with Crippen molar-refractivity contribution < 1.29 is 5.11 Å². The maximum atomic E-state index is 9.00. The van der Waals surface area contributed by atoms with E-state index in [4.69, 9.17) is 16.7 Å². The summed E-state index contributed by atoms with van der Waals surface area (Å²) in [5, 5.41) is 14.0. The highest BCUT2D eigenvalue weighted by Gasteiger charge is 2.09. The molecule has 0 saturated heterocycles. The molecule has 0 aliphatic carbocycles. The normalized spacial score (nSPS) is 12.6. The number of thioether (sulfide) groups is 1. The molecule has 1 aromatic rings. The molecule has 1 unspecified atom stereocenters. The fraction of sp³-hybridized carbons (Fsp3) is 0.583. The average Bonchev–Trinajstić information content (AvgIpc) is 2.34. The Kier molecular flexibility index (Phi) is 7.60. The minimum absolute atomic E-state index is 0.206. The third-order valence-electron chi connectivity index (χ3n) is 2.31. The van der Waals surface area contributed by atoms with Gasteiger partial charge in [-0.1, -0.05) is 18.5 Å². The van der Waals surface area contributed by atoms with Gasteiger partial charge in [-0.05, 0) is 31.5 Å². The lowest BCUT2D eigenvalue weighted by atomic mass is 10.2. The Balaban J connectivity index is 2.42. The molecule has 5 heteroatoms. The topological polar surface area (TPSA) is 45.1 Å². The minimum Gasteiger partial charge on any atom is -0.396 e. The van der Waals surface area contributed by atoms with Crippen LogP contribution in [0.2, 0.25) is 5.02 Å². The fourth-order valence-electron chi connectivity index (χ4n) is 1.41. The van der Waals surface area contributed by atoms with Gasteiger partial charge in [-0.25, -0.2) is 4.98 Å². The molecule has 3 nitrogen and oxygen atoms in total. The van der Waals surface area contributed by atoms with Crippen LogP contribution in [-0.2, 0) is 0 Å². The smallest absolute Gasteiger partial charge is 0.115 e. The third-order valence-corrected chi connectivity index (χ3v) is 3.89. The van der Waals surface area contributed by atoms with Crippen molar-refractivity contribution in [2.75, 3.05) is 18.9 Å². The first-order valence-corrected chi connectivity index (χ1v) is 7.21. The van der Waals surface area contributed by atoms with Crippen LogP contribution in [0.3, 0.4) is 0 Å². The van der Waals surface area contributed by atoms with E-state index >= 15 is 0 Å². The highest BCUT2D eigenvalue weighted by Crippen LogP contribution is 2.24. The summed E-state index contributed by atoms with van der Waals surface area (Å²) in [6.07, 6.45) is 3.60. The second-order valence-corrected chi connectivity index (χ2v) is 5.18. The number of hydrogen-bond acceptors (Lipinski definition) is 4. The number of aromatic nitrogens is 1. The molecule has 0 aromatic carbocycles. The van der Waals surface area contributed by atoms with Gasteiger partial charge in [0.05, 0.1) is 5.02 Å². The SMILES string of the molecule is CCCNC(CCO)CSc1ncccc1Cl. The van der Waals surface area contributed by atoms with E-state index in [0.717, 1.165) is 30.2 Å². The lowest BCUT2D eigenvalue weighted by Crippen LogP contribution is -2.32. The van der Waals surface area contributed by atoms with Crippen LogP contribution in [0.4, 0.5) is 0 Å². The van der Waals surface area contributed by atoms with E-state index in [-0.39, 0.29) is 6.61 Å². The van der Waals surface area contributed by atoms with Crippen molar-refractivity contribution in [2.45, 2.75) is 30.8 Å². The van der Waals surface area contributed by atoms with Crippen LogP contribution in [0.15, 0.2) is 23.4 Å². The fourth-order valence-corrected chi connectivity index (χ4v) is 2.68. The Labute approximate surface area is 112 Å². The van der Waals surface area contributed by atoms with Crippen LogP contribution >= 0.6 is 23.4 Å². The zero-order chi connectivity index (χ0) is 12.5. The number of nitrogens with one attached hydrogen (secondary N) is 1. The van der Waals surface area contributed by atoms with Crippen LogP contribution in [0.1, 0.15) is 19.8 Å². The summed E-state index contributed by atoms with van der Waals surface area (Å²) in [4.78, 5) is 4.23. The van der Waals surface area contributed by atoms with Crippen LogP contribution < -0.4 is 5.32 Å². The molecule has 0 amide bonds. The molecule has 2 N–H and O–H groups in total. The lowest BCUT2D eigenvalue weighted by molar-refractivity contribution is 0.270. The van der Waals surface area contributed by atoms with Crippen molar-refractivity contribution in [3.8, 4) is 0 Å². The molecule has 1 rings (SSSR count). The zero-order valence-electron chi connectivity index (χ0n) is 10.0. The van der Waals surface area contributed by atoms with E-state index in [2.05, 4.69) is 17.2 Å². The van der Waals surface area contributed by atoms with Gasteiger partial charge in [-0.2, -0.15) is 0 Å². The van der Waals surface area contributed by atoms with Crippen LogP contribution in [0, 0.1) is 0 Å². The number of hydrogen-bond donors (Lipinski definition) is 2. The highest BCUT2D eigenvalue weighted by atomic mass is 35.5. The summed E-state index contributed by atoms with van der Waals surface area (Å²) < 4.78 is 0. The first kappa shape index (κ1) is 14.8. The van der Waals surface area contributed by atoms with Crippen LogP contribution in [0.5, 0.6) is 0 Å². The summed E-state index contributed by atoms with van der Waals surface area (Å²) in [7, 11) is 0. The third kappa shape index (κ3) is 5.73. The van der Waals surface area contributed by atoms with Gasteiger partial charge in [-0.3, -0.25) is 0 Å². The number of pyridine rings is 1. The van der Waals surface area contributed by atoms with Crippen molar-refractivity contribution in [3.05, 3.63) is 23.4 Å². The quantitative estimate of drug-likeness (QED) is 0.715. The number of halogens is 1. The van der Waals surface area contributed by atoms with Gasteiger partial charge in [0.25, 0.3) is 0 Å². The monoisotopic (exact) mass is 274 g/mol. The first-order chi connectivity index (χ1) is 8.27. The van der Waals surface area contributed by atoms with Crippen molar-refractivity contribution in [2.24, 2.45) is 0 Å². The van der Waals surface area contributed by atoms with E-state index < -0.39 is 0 Å². The minimum atomic E-state index is 0.206. The second-order valence-electron chi connectivity index (χ2n) is 3.76. The van der Waals surface area contributed by atoms with E-state index in [0.29, 0.717) is 11.1 Å². The molecule has 0 radical (unpaired) electrons. The largest absolute Gasteiger partial charge is 0.396 e.